The van der Waals surface area contributed by atoms with Crippen molar-refractivity contribution in [1.29, 1.82) is 0 Å². The standard InChI is InChI=1S/C15H19ClN2O/c1-10(2)9-18-13-6-5-11(16)8-12(13)17-15(18)14-4-3-7-19-14/h5-6,8,10,14H,3-4,7,9H2,1-2H3. The summed E-state index contributed by atoms with van der Waals surface area (Å²) in [5, 5.41) is 0.737. The lowest BCUT2D eigenvalue weighted by Crippen LogP contribution is -2.12. The van der Waals surface area contributed by atoms with Gasteiger partial charge in [0.1, 0.15) is 11.9 Å². The van der Waals surface area contributed by atoms with Crippen molar-refractivity contribution in [3.63, 3.8) is 0 Å². The fourth-order valence-corrected chi connectivity index (χ4v) is 2.87. The number of rotatable bonds is 3. The van der Waals surface area contributed by atoms with Gasteiger partial charge in [-0.2, -0.15) is 0 Å². The van der Waals surface area contributed by atoms with Crippen molar-refractivity contribution in [2.75, 3.05) is 6.61 Å². The summed E-state index contributed by atoms with van der Waals surface area (Å²) in [4.78, 5) is 4.76. The number of halogens is 1. The van der Waals surface area contributed by atoms with Gasteiger partial charge in [0.25, 0.3) is 0 Å². The minimum absolute atomic E-state index is 0.143. The van der Waals surface area contributed by atoms with Gasteiger partial charge in [-0.05, 0) is 37.0 Å². The molecular formula is C15H19ClN2O. The molecule has 19 heavy (non-hydrogen) atoms. The molecule has 0 bridgehead atoms. The molecule has 1 aliphatic rings. The summed E-state index contributed by atoms with van der Waals surface area (Å²) in [6.45, 7) is 6.26. The maximum Gasteiger partial charge on any atom is 0.139 e. The quantitative estimate of drug-likeness (QED) is 0.841. The van der Waals surface area contributed by atoms with Crippen LogP contribution in [0.1, 0.15) is 38.6 Å². The van der Waals surface area contributed by atoms with E-state index in [0.29, 0.717) is 5.92 Å². The lowest BCUT2D eigenvalue weighted by atomic mass is 10.2. The fraction of sp³-hybridized carbons (Fsp3) is 0.533. The summed E-state index contributed by atoms with van der Waals surface area (Å²) in [6, 6.07) is 5.93. The third-order valence-corrected chi connectivity index (χ3v) is 3.74. The third-order valence-electron chi connectivity index (χ3n) is 3.51. The van der Waals surface area contributed by atoms with E-state index in [9.17, 15) is 0 Å². The molecule has 1 saturated heterocycles. The number of nitrogens with zero attached hydrogens (tertiary/aromatic N) is 2. The van der Waals surface area contributed by atoms with E-state index in [0.717, 1.165) is 47.9 Å². The SMILES string of the molecule is CC(C)Cn1c(C2CCCO2)nc2cc(Cl)ccc21. The van der Waals surface area contributed by atoms with Crippen molar-refractivity contribution in [2.45, 2.75) is 39.3 Å². The third kappa shape index (κ3) is 2.49. The molecular weight excluding hydrogens is 260 g/mol. The summed E-state index contributed by atoms with van der Waals surface area (Å²) < 4.78 is 8.10. The molecule has 1 unspecified atom stereocenters. The number of benzene rings is 1. The maximum atomic E-state index is 6.07. The molecule has 0 saturated carbocycles. The fourth-order valence-electron chi connectivity index (χ4n) is 2.71. The predicted molar refractivity (Wildman–Crippen MR) is 77.5 cm³/mol. The first-order valence-corrected chi connectivity index (χ1v) is 7.30. The van der Waals surface area contributed by atoms with Crippen LogP contribution < -0.4 is 0 Å². The highest BCUT2D eigenvalue weighted by atomic mass is 35.5. The topological polar surface area (TPSA) is 27.1 Å². The van der Waals surface area contributed by atoms with E-state index in [-0.39, 0.29) is 6.10 Å². The minimum atomic E-state index is 0.143. The Morgan fingerprint density at radius 2 is 2.32 bits per heavy atom. The van der Waals surface area contributed by atoms with Crippen molar-refractivity contribution in [2.24, 2.45) is 5.92 Å². The van der Waals surface area contributed by atoms with E-state index in [2.05, 4.69) is 24.5 Å². The van der Waals surface area contributed by atoms with E-state index < -0.39 is 0 Å². The molecule has 0 aliphatic carbocycles. The Morgan fingerprint density at radius 1 is 1.47 bits per heavy atom. The highest BCUT2D eigenvalue weighted by Gasteiger charge is 2.24. The number of hydrogen-bond acceptors (Lipinski definition) is 2. The molecule has 2 heterocycles. The lowest BCUT2D eigenvalue weighted by molar-refractivity contribution is 0.102. The minimum Gasteiger partial charge on any atom is -0.370 e. The summed E-state index contributed by atoms with van der Waals surface area (Å²) >= 11 is 6.07. The molecule has 0 N–H and O–H groups in total. The normalized spacial score (nSPS) is 19.7. The second kappa shape index (κ2) is 5.14. The zero-order chi connectivity index (χ0) is 13.4. The Balaban J connectivity index is 2.12. The Hall–Kier alpha value is -1.06. The second-order valence-corrected chi connectivity index (χ2v) is 6.05. The molecule has 3 rings (SSSR count). The molecule has 2 aromatic rings. The van der Waals surface area contributed by atoms with Crippen LogP contribution in [0.15, 0.2) is 18.2 Å². The average Bonchev–Trinajstić information content (AvgIpc) is 2.96. The van der Waals surface area contributed by atoms with E-state index in [1.54, 1.807) is 0 Å². The molecule has 1 aromatic carbocycles. The molecule has 1 aromatic heterocycles. The molecule has 1 atom stereocenters. The first kappa shape index (κ1) is 12.9. The van der Waals surface area contributed by atoms with Crippen LogP contribution in [0.25, 0.3) is 11.0 Å². The Morgan fingerprint density at radius 3 is 3.00 bits per heavy atom. The van der Waals surface area contributed by atoms with Gasteiger partial charge >= 0.3 is 0 Å². The van der Waals surface area contributed by atoms with Gasteiger partial charge in [0.05, 0.1) is 11.0 Å². The van der Waals surface area contributed by atoms with Gasteiger partial charge in [0.2, 0.25) is 0 Å². The van der Waals surface area contributed by atoms with Crippen LogP contribution in [0.4, 0.5) is 0 Å². The van der Waals surface area contributed by atoms with Crippen molar-refractivity contribution in [3.05, 3.63) is 29.0 Å². The lowest BCUT2D eigenvalue weighted by Gasteiger charge is -2.15. The first-order chi connectivity index (χ1) is 9.15. The smallest absolute Gasteiger partial charge is 0.139 e. The molecule has 0 spiro atoms. The van der Waals surface area contributed by atoms with Crippen LogP contribution in [0.2, 0.25) is 5.02 Å². The Bertz CT molecular complexity index is 585. The van der Waals surface area contributed by atoms with Gasteiger partial charge in [-0.15, -0.1) is 0 Å². The number of fused-ring (bicyclic) bond motifs is 1. The van der Waals surface area contributed by atoms with Crippen LogP contribution in [0, 0.1) is 5.92 Å². The van der Waals surface area contributed by atoms with Gasteiger partial charge in [0.15, 0.2) is 0 Å². The van der Waals surface area contributed by atoms with Crippen LogP contribution in [0.5, 0.6) is 0 Å². The molecule has 1 fully saturated rings. The molecule has 0 amide bonds. The van der Waals surface area contributed by atoms with Crippen LogP contribution in [-0.2, 0) is 11.3 Å². The van der Waals surface area contributed by atoms with Gasteiger partial charge in [-0.3, -0.25) is 0 Å². The van der Waals surface area contributed by atoms with Crippen molar-refractivity contribution in [1.82, 2.24) is 9.55 Å². The summed E-state index contributed by atoms with van der Waals surface area (Å²) in [6.07, 6.45) is 2.33. The number of aromatic nitrogens is 2. The Labute approximate surface area is 118 Å². The zero-order valence-corrected chi connectivity index (χ0v) is 12.2. The summed E-state index contributed by atoms with van der Waals surface area (Å²) in [5.74, 6) is 1.64. The number of imidazole rings is 1. The summed E-state index contributed by atoms with van der Waals surface area (Å²) in [7, 11) is 0. The molecule has 102 valence electrons. The number of hydrogen-bond donors (Lipinski definition) is 0. The van der Waals surface area contributed by atoms with Gasteiger partial charge in [0, 0.05) is 18.2 Å². The van der Waals surface area contributed by atoms with E-state index in [1.807, 2.05) is 12.1 Å². The largest absolute Gasteiger partial charge is 0.370 e. The van der Waals surface area contributed by atoms with E-state index in [4.69, 9.17) is 21.3 Å². The van der Waals surface area contributed by atoms with Crippen molar-refractivity contribution < 1.29 is 4.74 Å². The Kier molecular flexibility index (Phi) is 3.50. The summed E-state index contributed by atoms with van der Waals surface area (Å²) in [5.41, 5.74) is 2.13. The van der Waals surface area contributed by atoms with Gasteiger partial charge in [-0.1, -0.05) is 25.4 Å². The molecule has 1 aliphatic heterocycles. The zero-order valence-electron chi connectivity index (χ0n) is 11.4. The maximum absolute atomic E-state index is 6.07. The second-order valence-electron chi connectivity index (χ2n) is 5.61. The molecule has 4 heteroatoms. The highest BCUT2D eigenvalue weighted by Crippen LogP contribution is 2.31. The van der Waals surface area contributed by atoms with Crippen LogP contribution in [0.3, 0.4) is 0 Å². The van der Waals surface area contributed by atoms with Crippen LogP contribution in [-0.4, -0.2) is 16.2 Å². The highest BCUT2D eigenvalue weighted by molar-refractivity contribution is 6.31. The van der Waals surface area contributed by atoms with Crippen molar-refractivity contribution >= 4 is 22.6 Å². The molecule has 0 radical (unpaired) electrons. The van der Waals surface area contributed by atoms with Gasteiger partial charge in [-0.25, -0.2) is 4.98 Å². The van der Waals surface area contributed by atoms with E-state index in [1.165, 1.54) is 0 Å². The monoisotopic (exact) mass is 278 g/mol. The average molecular weight is 279 g/mol. The predicted octanol–water partition coefficient (Wildman–Crippen LogP) is 4.20. The first-order valence-electron chi connectivity index (χ1n) is 6.92. The van der Waals surface area contributed by atoms with Crippen molar-refractivity contribution in [3.8, 4) is 0 Å². The van der Waals surface area contributed by atoms with Crippen LogP contribution >= 0.6 is 11.6 Å². The van der Waals surface area contributed by atoms with E-state index >= 15 is 0 Å². The number of ether oxygens (including phenoxy) is 1. The van der Waals surface area contributed by atoms with Gasteiger partial charge < -0.3 is 9.30 Å². The molecule has 3 nitrogen and oxygen atoms in total.